The van der Waals surface area contributed by atoms with E-state index in [1.165, 1.54) is 16.2 Å². The van der Waals surface area contributed by atoms with E-state index in [9.17, 15) is 17.6 Å². The summed E-state index contributed by atoms with van der Waals surface area (Å²) in [4.78, 5) is 20.7. The normalized spacial score (nSPS) is 11.9. The highest BCUT2D eigenvalue weighted by Gasteiger charge is 2.26. The molecule has 29 heavy (non-hydrogen) atoms. The predicted molar refractivity (Wildman–Crippen MR) is 117 cm³/mol. The third-order valence-electron chi connectivity index (χ3n) is 4.13. The van der Waals surface area contributed by atoms with Crippen LogP contribution >= 0.6 is 27.3 Å². The van der Waals surface area contributed by atoms with Crippen molar-refractivity contribution in [3.8, 4) is 0 Å². The largest absolute Gasteiger partial charge is 0.308 e. The van der Waals surface area contributed by atoms with E-state index in [-0.39, 0.29) is 4.90 Å². The van der Waals surface area contributed by atoms with Gasteiger partial charge in [-0.2, -0.15) is 0 Å². The van der Waals surface area contributed by atoms with E-state index >= 15 is 0 Å². The lowest BCUT2D eigenvalue weighted by Crippen LogP contribution is -2.40. The summed E-state index contributed by atoms with van der Waals surface area (Å²) in [6.45, 7) is 0.841. The second kappa shape index (κ2) is 8.86. The first-order chi connectivity index (χ1) is 13.7. The number of hydrogen-bond donors (Lipinski definition) is 0. The van der Waals surface area contributed by atoms with Crippen molar-refractivity contribution in [2.75, 3.05) is 37.8 Å². The Balaban J connectivity index is 1.90. The molecule has 1 heterocycles. The molecule has 10 heteroatoms. The van der Waals surface area contributed by atoms with Gasteiger partial charge in [0.2, 0.25) is 5.91 Å². The standard InChI is InChI=1S/C19H19BrFN3O3S2/c1-23(2)9-10-24(19-22-16-8-3-13(20)11-17(16)28-19)18(25)12-29(26,27)15-6-4-14(21)5-7-15/h3-8,11H,9-10,12H2,1-2H3. The molecule has 3 aromatic rings. The molecule has 0 saturated heterocycles. The summed E-state index contributed by atoms with van der Waals surface area (Å²) in [5.41, 5.74) is 0.734. The van der Waals surface area contributed by atoms with Crippen LogP contribution in [0.25, 0.3) is 10.2 Å². The number of benzene rings is 2. The molecular weight excluding hydrogens is 481 g/mol. The Morgan fingerprint density at radius 3 is 2.48 bits per heavy atom. The molecule has 0 saturated carbocycles. The SMILES string of the molecule is CN(C)CCN(C(=O)CS(=O)(=O)c1ccc(F)cc1)c1nc2ccc(Br)cc2s1. The van der Waals surface area contributed by atoms with Crippen LogP contribution in [-0.4, -0.2) is 57.1 Å². The predicted octanol–water partition coefficient (Wildman–Crippen LogP) is 3.57. The Bertz CT molecular complexity index is 1130. The summed E-state index contributed by atoms with van der Waals surface area (Å²) >= 11 is 4.74. The van der Waals surface area contributed by atoms with E-state index in [1.807, 2.05) is 37.2 Å². The number of carbonyl (C=O) groups is 1. The molecule has 154 valence electrons. The number of fused-ring (bicyclic) bond motifs is 1. The number of amides is 1. The molecule has 0 aliphatic rings. The highest BCUT2D eigenvalue weighted by Crippen LogP contribution is 2.31. The lowest BCUT2D eigenvalue weighted by Gasteiger charge is -2.22. The van der Waals surface area contributed by atoms with Crippen LogP contribution in [0.15, 0.2) is 51.8 Å². The quantitative estimate of drug-likeness (QED) is 0.464. The van der Waals surface area contributed by atoms with Crippen molar-refractivity contribution in [1.29, 1.82) is 0 Å². The summed E-state index contributed by atoms with van der Waals surface area (Å²) in [5, 5.41) is 0.444. The first-order valence-electron chi connectivity index (χ1n) is 8.65. The fourth-order valence-electron chi connectivity index (χ4n) is 2.59. The average Bonchev–Trinajstić information content (AvgIpc) is 3.04. The first-order valence-corrected chi connectivity index (χ1v) is 11.9. The molecule has 0 bridgehead atoms. The van der Waals surface area contributed by atoms with Gasteiger partial charge in [-0.3, -0.25) is 9.69 Å². The summed E-state index contributed by atoms with van der Waals surface area (Å²) < 4.78 is 40.2. The number of aromatic nitrogens is 1. The van der Waals surface area contributed by atoms with E-state index in [2.05, 4.69) is 20.9 Å². The van der Waals surface area contributed by atoms with Crippen LogP contribution in [-0.2, 0) is 14.6 Å². The first kappa shape index (κ1) is 21.8. The topological polar surface area (TPSA) is 70.6 Å². The highest BCUT2D eigenvalue weighted by molar-refractivity contribution is 9.10. The Labute approximate surface area is 181 Å². The molecule has 0 fully saturated rings. The van der Waals surface area contributed by atoms with Gasteiger partial charge in [0.05, 0.1) is 15.1 Å². The molecule has 2 aromatic carbocycles. The monoisotopic (exact) mass is 499 g/mol. The number of hydrogen-bond acceptors (Lipinski definition) is 6. The zero-order valence-electron chi connectivity index (χ0n) is 15.8. The Hall–Kier alpha value is -1.88. The molecule has 0 aliphatic heterocycles. The van der Waals surface area contributed by atoms with E-state index < -0.39 is 27.3 Å². The van der Waals surface area contributed by atoms with E-state index in [0.717, 1.165) is 39.0 Å². The molecule has 6 nitrogen and oxygen atoms in total. The summed E-state index contributed by atoms with van der Waals surface area (Å²) in [7, 11) is -0.170. The van der Waals surface area contributed by atoms with Gasteiger partial charge in [0.25, 0.3) is 0 Å². The molecule has 3 rings (SSSR count). The highest BCUT2D eigenvalue weighted by atomic mass is 79.9. The maximum Gasteiger partial charge on any atom is 0.244 e. The molecule has 0 spiro atoms. The zero-order chi connectivity index (χ0) is 21.2. The van der Waals surface area contributed by atoms with Gasteiger partial charge in [0, 0.05) is 17.6 Å². The number of anilines is 1. The van der Waals surface area contributed by atoms with Crippen LogP contribution in [0.3, 0.4) is 0 Å². The van der Waals surface area contributed by atoms with Crippen LogP contribution < -0.4 is 4.90 Å². The number of nitrogens with zero attached hydrogens (tertiary/aromatic N) is 3. The number of likely N-dealkylation sites (N-methyl/N-ethyl adjacent to an activating group) is 1. The smallest absolute Gasteiger partial charge is 0.244 e. The van der Waals surface area contributed by atoms with Gasteiger partial charge in [0.1, 0.15) is 11.6 Å². The lowest BCUT2D eigenvalue weighted by atomic mass is 10.3. The molecule has 0 N–H and O–H groups in total. The molecule has 1 aromatic heterocycles. The van der Waals surface area contributed by atoms with Crippen LogP contribution in [0.1, 0.15) is 0 Å². The molecule has 0 radical (unpaired) electrons. The van der Waals surface area contributed by atoms with Crippen molar-refractivity contribution in [3.63, 3.8) is 0 Å². The van der Waals surface area contributed by atoms with Crippen molar-refractivity contribution < 1.29 is 17.6 Å². The summed E-state index contributed by atoms with van der Waals surface area (Å²) in [5.74, 6) is -1.83. The fraction of sp³-hybridized carbons (Fsp3) is 0.263. The van der Waals surface area contributed by atoms with Crippen molar-refractivity contribution in [2.24, 2.45) is 0 Å². The summed E-state index contributed by atoms with van der Waals surface area (Å²) in [6, 6.07) is 10.0. The van der Waals surface area contributed by atoms with Crippen molar-refractivity contribution >= 4 is 58.4 Å². The Morgan fingerprint density at radius 1 is 1.14 bits per heavy atom. The molecular formula is C19H19BrFN3O3S2. The van der Waals surface area contributed by atoms with Crippen LogP contribution in [0.5, 0.6) is 0 Å². The number of halogens is 2. The van der Waals surface area contributed by atoms with Gasteiger partial charge in [-0.05, 0) is 56.6 Å². The van der Waals surface area contributed by atoms with Crippen LogP contribution in [0.2, 0.25) is 0 Å². The third-order valence-corrected chi connectivity index (χ3v) is 7.28. The number of thiazole rings is 1. The summed E-state index contributed by atoms with van der Waals surface area (Å²) in [6.07, 6.45) is 0. The fourth-order valence-corrected chi connectivity index (χ4v) is 5.35. The third kappa shape index (κ3) is 5.39. The van der Waals surface area contributed by atoms with Gasteiger partial charge in [0.15, 0.2) is 15.0 Å². The van der Waals surface area contributed by atoms with Crippen molar-refractivity contribution in [1.82, 2.24) is 9.88 Å². The van der Waals surface area contributed by atoms with Gasteiger partial charge in [-0.1, -0.05) is 27.3 Å². The van der Waals surface area contributed by atoms with Crippen LogP contribution in [0.4, 0.5) is 9.52 Å². The maximum absolute atomic E-state index is 13.1. The molecule has 0 unspecified atom stereocenters. The van der Waals surface area contributed by atoms with Crippen LogP contribution in [0, 0.1) is 5.82 Å². The van der Waals surface area contributed by atoms with E-state index in [1.54, 1.807) is 0 Å². The molecule has 1 amide bonds. The molecule has 0 atom stereocenters. The Kier molecular flexibility index (Phi) is 6.67. The maximum atomic E-state index is 13.1. The second-order valence-corrected chi connectivity index (χ2v) is 10.6. The number of carbonyl (C=O) groups excluding carboxylic acids is 1. The van der Waals surface area contributed by atoms with Crippen molar-refractivity contribution in [3.05, 3.63) is 52.8 Å². The second-order valence-electron chi connectivity index (χ2n) is 6.67. The molecule has 0 aliphatic carbocycles. The van der Waals surface area contributed by atoms with Gasteiger partial charge in [-0.15, -0.1) is 0 Å². The van der Waals surface area contributed by atoms with Crippen molar-refractivity contribution in [2.45, 2.75) is 4.90 Å². The van der Waals surface area contributed by atoms with E-state index in [4.69, 9.17) is 0 Å². The van der Waals surface area contributed by atoms with E-state index in [0.29, 0.717) is 18.2 Å². The van der Waals surface area contributed by atoms with Gasteiger partial charge < -0.3 is 4.90 Å². The minimum atomic E-state index is -3.91. The number of rotatable bonds is 7. The Morgan fingerprint density at radius 2 is 1.83 bits per heavy atom. The average molecular weight is 500 g/mol. The minimum Gasteiger partial charge on any atom is -0.308 e. The van der Waals surface area contributed by atoms with Gasteiger partial charge >= 0.3 is 0 Å². The minimum absolute atomic E-state index is 0.0898. The van der Waals surface area contributed by atoms with Gasteiger partial charge in [-0.25, -0.2) is 17.8 Å². The number of sulfone groups is 1. The zero-order valence-corrected chi connectivity index (χ0v) is 19.0. The lowest BCUT2D eigenvalue weighted by molar-refractivity contribution is -0.116.